The molecule has 21 heavy (non-hydrogen) atoms. The highest BCUT2D eigenvalue weighted by molar-refractivity contribution is 6.30. The number of carbonyl (C=O) groups excluding carboxylic acids is 1. The lowest BCUT2D eigenvalue weighted by atomic mass is 10.0. The van der Waals surface area contributed by atoms with E-state index in [1.807, 2.05) is 48.5 Å². The predicted molar refractivity (Wildman–Crippen MR) is 86.1 cm³/mol. The maximum Gasteiger partial charge on any atom is 0.132 e. The van der Waals surface area contributed by atoms with Crippen LogP contribution >= 0.6 is 11.6 Å². The molecule has 0 aliphatic rings. The van der Waals surface area contributed by atoms with Crippen LogP contribution in [0.4, 0.5) is 5.69 Å². The van der Waals surface area contributed by atoms with Gasteiger partial charge in [0, 0.05) is 17.1 Å². The number of rotatable bonds is 6. The van der Waals surface area contributed by atoms with Gasteiger partial charge in [0.2, 0.25) is 0 Å². The SMILES string of the molecule is COc1ccc(C(CC(C)=O)Nc2ccc(Cl)cc2)cc1. The van der Waals surface area contributed by atoms with E-state index in [4.69, 9.17) is 16.3 Å². The van der Waals surface area contributed by atoms with Gasteiger partial charge in [-0.3, -0.25) is 4.79 Å². The van der Waals surface area contributed by atoms with Gasteiger partial charge in [0.25, 0.3) is 0 Å². The van der Waals surface area contributed by atoms with Crippen molar-refractivity contribution in [3.8, 4) is 5.75 Å². The minimum Gasteiger partial charge on any atom is -0.497 e. The highest BCUT2D eigenvalue weighted by Gasteiger charge is 2.14. The van der Waals surface area contributed by atoms with Gasteiger partial charge in [-0.1, -0.05) is 23.7 Å². The Hall–Kier alpha value is -2.00. The van der Waals surface area contributed by atoms with Gasteiger partial charge in [-0.05, 0) is 48.9 Å². The average molecular weight is 304 g/mol. The zero-order valence-electron chi connectivity index (χ0n) is 12.1. The Morgan fingerprint density at radius 2 is 1.76 bits per heavy atom. The molecule has 0 aromatic heterocycles. The average Bonchev–Trinajstić information content (AvgIpc) is 2.48. The Morgan fingerprint density at radius 1 is 1.14 bits per heavy atom. The summed E-state index contributed by atoms with van der Waals surface area (Å²) in [5, 5.41) is 4.06. The van der Waals surface area contributed by atoms with Crippen LogP contribution in [0.2, 0.25) is 5.02 Å². The maximum atomic E-state index is 11.5. The van der Waals surface area contributed by atoms with Gasteiger partial charge in [-0.15, -0.1) is 0 Å². The number of Topliss-reactive ketones (excluding diaryl/α,β-unsaturated/α-hetero) is 1. The number of ether oxygens (including phenoxy) is 1. The highest BCUT2D eigenvalue weighted by Crippen LogP contribution is 2.25. The van der Waals surface area contributed by atoms with Crippen molar-refractivity contribution in [1.29, 1.82) is 0 Å². The summed E-state index contributed by atoms with van der Waals surface area (Å²) in [6.07, 6.45) is 0.426. The number of halogens is 1. The van der Waals surface area contributed by atoms with E-state index in [0.717, 1.165) is 17.0 Å². The monoisotopic (exact) mass is 303 g/mol. The third-order valence-corrected chi connectivity index (χ3v) is 3.45. The normalized spacial score (nSPS) is 11.8. The van der Waals surface area contributed by atoms with Crippen LogP contribution in [0.3, 0.4) is 0 Å². The minimum absolute atomic E-state index is 0.0745. The number of benzene rings is 2. The molecule has 1 N–H and O–H groups in total. The Morgan fingerprint density at radius 3 is 2.29 bits per heavy atom. The van der Waals surface area contributed by atoms with E-state index in [1.165, 1.54) is 0 Å². The van der Waals surface area contributed by atoms with Crippen LogP contribution in [0.25, 0.3) is 0 Å². The number of nitrogens with one attached hydrogen (secondary N) is 1. The van der Waals surface area contributed by atoms with E-state index in [1.54, 1.807) is 14.0 Å². The summed E-state index contributed by atoms with van der Waals surface area (Å²) >= 11 is 5.89. The van der Waals surface area contributed by atoms with Crippen molar-refractivity contribution in [2.45, 2.75) is 19.4 Å². The molecule has 2 aromatic rings. The number of hydrogen-bond acceptors (Lipinski definition) is 3. The molecule has 0 radical (unpaired) electrons. The lowest BCUT2D eigenvalue weighted by molar-refractivity contribution is -0.117. The Kier molecular flexibility index (Phi) is 5.23. The molecule has 0 bridgehead atoms. The standard InChI is InChI=1S/C17H18ClNO2/c1-12(20)11-17(13-3-9-16(21-2)10-4-13)19-15-7-5-14(18)6-8-15/h3-10,17,19H,11H2,1-2H3. The van der Waals surface area contributed by atoms with Gasteiger partial charge >= 0.3 is 0 Å². The van der Waals surface area contributed by atoms with Gasteiger partial charge < -0.3 is 10.1 Å². The fraction of sp³-hybridized carbons (Fsp3) is 0.235. The molecule has 2 rings (SSSR count). The van der Waals surface area contributed by atoms with Crippen molar-refractivity contribution >= 4 is 23.1 Å². The molecule has 110 valence electrons. The molecule has 2 aromatic carbocycles. The summed E-state index contributed by atoms with van der Waals surface area (Å²) in [5.74, 6) is 0.934. The molecule has 0 saturated heterocycles. The number of hydrogen-bond donors (Lipinski definition) is 1. The molecule has 4 heteroatoms. The largest absolute Gasteiger partial charge is 0.497 e. The summed E-state index contributed by atoms with van der Waals surface area (Å²) < 4.78 is 5.16. The zero-order valence-corrected chi connectivity index (χ0v) is 12.9. The van der Waals surface area contributed by atoms with Gasteiger partial charge in [-0.25, -0.2) is 0 Å². The number of ketones is 1. The van der Waals surface area contributed by atoms with E-state index in [-0.39, 0.29) is 11.8 Å². The molecule has 0 aliphatic heterocycles. The second kappa shape index (κ2) is 7.14. The molecule has 0 heterocycles. The van der Waals surface area contributed by atoms with Crippen LogP contribution in [-0.4, -0.2) is 12.9 Å². The molecule has 3 nitrogen and oxygen atoms in total. The lowest BCUT2D eigenvalue weighted by Gasteiger charge is -2.19. The highest BCUT2D eigenvalue weighted by atomic mass is 35.5. The van der Waals surface area contributed by atoms with Crippen LogP contribution in [0.15, 0.2) is 48.5 Å². The Balaban J connectivity index is 2.20. The van der Waals surface area contributed by atoms with Crippen molar-refractivity contribution in [2.75, 3.05) is 12.4 Å². The van der Waals surface area contributed by atoms with E-state index < -0.39 is 0 Å². The summed E-state index contributed by atoms with van der Waals surface area (Å²) in [7, 11) is 1.63. The Labute approximate surface area is 129 Å². The molecular formula is C17H18ClNO2. The van der Waals surface area contributed by atoms with Crippen LogP contribution in [0, 0.1) is 0 Å². The summed E-state index contributed by atoms with van der Waals surface area (Å²) in [5.41, 5.74) is 1.97. The summed E-state index contributed by atoms with van der Waals surface area (Å²) in [6.45, 7) is 1.60. The molecule has 1 atom stereocenters. The summed E-state index contributed by atoms with van der Waals surface area (Å²) in [6, 6.07) is 15.1. The quantitative estimate of drug-likeness (QED) is 0.855. The third kappa shape index (κ3) is 4.50. The Bertz CT molecular complexity index is 593. The maximum absolute atomic E-state index is 11.5. The van der Waals surface area contributed by atoms with Gasteiger partial charge in [-0.2, -0.15) is 0 Å². The first-order chi connectivity index (χ1) is 10.1. The van der Waals surface area contributed by atoms with Crippen molar-refractivity contribution in [1.82, 2.24) is 0 Å². The van der Waals surface area contributed by atoms with E-state index in [0.29, 0.717) is 11.4 Å². The molecule has 0 aliphatic carbocycles. The first kappa shape index (κ1) is 15.4. The van der Waals surface area contributed by atoms with Gasteiger partial charge in [0.05, 0.1) is 13.2 Å². The first-order valence-electron chi connectivity index (χ1n) is 6.74. The van der Waals surface area contributed by atoms with Crippen molar-refractivity contribution in [3.05, 3.63) is 59.1 Å². The molecule has 0 spiro atoms. The first-order valence-corrected chi connectivity index (χ1v) is 7.12. The van der Waals surface area contributed by atoms with Crippen molar-refractivity contribution < 1.29 is 9.53 Å². The smallest absolute Gasteiger partial charge is 0.132 e. The number of carbonyl (C=O) groups is 1. The fourth-order valence-corrected chi connectivity index (χ4v) is 2.25. The second-order valence-electron chi connectivity index (χ2n) is 4.88. The van der Waals surface area contributed by atoms with E-state index in [9.17, 15) is 4.79 Å². The topological polar surface area (TPSA) is 38.3 Å². The second-order valence-corrected chi connectivity index (χ2v) is 5.32. The van der Waals surface area contributed by atoms with E-state index in [2.05, 4.69) is 5.32 Å². The van der Waals surface area contributed by atoms with Crippen molar-refractivity contribution in [3.63, 3.8) is 0 Å². The van der Waals surface area contributed by atoms with Gasteiger partial charge in [0.1, 0.15) is 11.5 Å². The third-order valence-electron chi connectivity index (χ3n) is 3.19. The lowest BCUT2D eigenvalue weighted by Crippen LogP contribution is -2.14. The van der Waals surface area contributed by atoms with Crippen LogP contribution in [0.5, 0.6) is 5.75 Å². The van der Waals surface area contributed by atoms with Crippen LogP contribution in [-0.2, 0) is 4.79 Å². The summed E-state index contributed by atoms with van der Waals surface area (Å²) in [4.78, 5) is 11.5. The van der Waals surface area contributed by atoms with Crippen LogP contribution < -0.4 is 10.1 Å². The molecule has 0 amide bonds. The van der Waals surface area contributed by atoms with Crippen LogP contribution in [0.1, 0.15) is 24.9 Å². The van der Waals surface area contributed by atoms with Gasteiger partial charge in [0.15, 0.2) is 0 Å². The minimum atomic E-state index is -0.0745. The molecular weight excluding hydrogens is 286 g/mol. The fourth-order valence-electron chi connectivity index (χ4n) is 2.12. The predicted octanol–water partition coefficient (Wildman–Crippen LogP) is 4.48. The number of methoxy groups -OCH3 is 1. The zero-order chi connectivity index (χ0) is 15.2. The molecule has 0 fully saturated rings. The molecule has 1 unspecified atom stereocenters. The van der Waals surface area contributed by atoms with E-state index >= 15 is 0 Å². The molecule has 0 saturated carbocycles. The number of anilines is 1. The van der Waals surface area contributed by atoms with Crippen molar-refractivity contribution in [2.24, 2.45) is 0 Å².